The molecule has 0 saturated heterocycles. The SMILES string of the molecule is COc1ccc(C2NCCNCc3ccccc32)cc1.Cl.Cl. The average Bonchev–Trinajstić information content (AvgIpc) is 2.49. The van der Waals surface area contributed by atoms with Gasteiger partial charge in [-0.15, -0.1) is 24.8 Å². The third kappa shape index (κ3) is 4.14. The Morgan fingerprint density at radius 1 is 0.955 bits per heavy atom. The molecule has 1 aliphatic heterocycles. The van der Waals surface area contributed by atoms with Crippen LogP contribution in [0, 0.1) is 0 Å². The molecule has 0 spiro atoms. The summed E-state index contributed by atoms with van der Waals surface area (Å²) in [6, 6.07) is 17.2. The number of benzene rings is 2. The molecule has 2 N–H and O–H groups in total. The molecule has 0 saturated carbocycles. The highest BCUT2D eigenvalue weighted by Crippen LogP contribution is 2.27. The van der Waals surface area contributed by atoms with Crippen LogP contribution in [0.5, 0.6) is 5.75 Å². The molecular formula is C17H22Cl2N2O. The van der Waals surface area contributed by atoms with E-state index in [1.165, 1.54) is 16.7 Å². The average molecular weight is 341 g/mol. The predicted octanol–water partition coefficient (Wildman–Crippen LogP) is 3.32. The topological polar surface area (TPSA) is 33.3 Å². The van der Waals surface area contributed by atoms with Crippen molar-refractivity contribution >= 4 is 24.8 Å². The van der Waals surface area contributed by atoms with Crippen molar-refractivity contribution in [1.29, 1.82) is 0 Å². The monoisotopic (exact) mass is 340 g/mol. The second kappa shape index (κ2) is 9.01. The molecule has 1 unspecified atom stereocenters. The van der Waals surface area contributed by atoms with Crippen molar-refractivity contribution in [2.24, 2.45) is 0 Å². The van der Waals surface area contributed by atoms with Gasteiger partial charge >= 0.3 is 0 Å². The van der Waals surface area contributed by atoms with Crippen LogP contribution >= 0.6 is 24.8 Å². The molecule has 120 valence electrons. The van der Waals surface area contributed by atoms with Gasteiger partial charge in [0, 0.05) is 19.6 Å². The summed E-state index contributed by atoms with van der Waals surface area (Å²) in [6.45, 7) is 2.89. The van der Waals surface area contributed by atoms with Crippen molar-refractivity contribution in [3.05, 3.63) is 65.2 Å². The minimum atomic E-state index is 0. The number of methoxy groups -OCH3 is 1. The van der Waals surface area contributed by atoms with Gasteiger partial charge in [0.2, 0.25) is 0 Å². The van der Waals surface area contributed by atoms with Gasteiger partial charge in [-0.2, -0.15) is 0 Å². The molecule has 1 heterocycles. The molecule has 0 radical (unpaired) electrons. The number of hydrogen-bond acceptors (Lipinski definition) is 3. The lowest BCUT2D eigenvalue weighted by Crippen LogP contribution is -2.34. The molecule has 0 fully saturated rings. The normalized spacial score (nSPS) is 17.0. The van der Waals surface area contributed by atoms with Crippen molar-refractivity contribution in [1.82, 2.24) is 10.6 Å². The maximum Gasteiger partial charge on any atom is 0.118 e. The number of hydrogen-bond donors (Lipinski definition) is 2. The van der Waals surface area contributed by atoms with Crippen molar-refractivity contribution in [3.8, 4) is 5.75 Å². The number of nitrogens with one attached hydrogen (secondary N) is 2. The lowest BCUT2D eigenvalue weighted by Gasteiger charge is -2.25. The first-order valence-electron chi connectivity index (χ1n) is 7.04. The van der Waals surface area contributed by atoms with Gasteiger partial charge in [0.25, 0.3) is 0 Å². The zero-order chi connectivity index (χ0) is 13.8. The lowest BCUT2D eigenvalue weighted by molar-refractivity contribution is 0.414. The minimum Gasteiger partial charge on any atom is -0.497 e. The Balaban J connectivity index is 0.00000121. The predicted molar refractivity (Wildman–Crippen MR) is 95.5 cm³/mol. The second-order valence-electron chi connectivity index (χ2n) is 5.04. The van der Waals surface area contributed by atoms with Crippen molar-refractivity contribution < 1.29 is 4.74 Å². The first-order valence-corrected chi connectivity index (χ1v) is 7.04. The van der Waals surface area contributed by atoms with E-state index in [0.29, 0.717) is 0 Å². The van der Waals surface area contributed by atoms with E-state index in [9.17, 15) is 0 Å². The fourth-order valence-corrected chi connectivity index (χ4v) is 2.71. The molecule has 0 amide bonds. The quantitative estimate of drug-likeness (QED) is 0.879. The third-order valence-corrected chi connectivity index (χ3v) is 3.78. The Bertz CT molecular complexity index is 575. The van der Waals surface area contributed by atoms with Crippen LogP contribution in [0.3, 0.4) is 0 Å². The summed E-state index contributed by atoms with van der Waals surface area (Å²) < 4.78 is 5.24. The molecule has 3 rings (SSSR count). The van der Waals surface area contributed by atoms with Crippen LogP contribution in [0.15, 0.2) is 48.5 Å². The number of halogens is 2. The van der Waals surface area contributed by atoms with Crippen molar-refractivity contribution in [2.75, 3.05) is 20.2 Å². The van der Waals surface area contributed by atoms with E-state index < -0.39 is 0 Å². The van der Waals surface area contributed by atoms with E-state index in [4.69, 9.17) is 4.74 Å². The zero-order valence-corrected chi connectivity index (χ0v) is 14.2. The van der Waals surface area contributed by atoms with Gasteiger partial charge in [-0.05, 0) is 28.8 Å². The van der Waals surface area contributed by atoms with Crippen LogP contribution in [0.1, 0.15) is 22.7 Å². The van der Waals surface area contributed by atoms with Crippen LogP contribution in [0.4, 0.5) is 0 Å². The van der Waals surface area contributed by atoms with E-state index in [1.807, 2.05) is 12.1 Å². The van der Waals surface area contributed by atoms with Gasteiger partial charge in [0.15, 0.2) is 0 Å². The molecular weight excluding hydrogens is 319 g/mol. The zero-order valence-electron chi connectivity index (χ0n) is 12.5. The van der Waals surface area contributed by atoms with Crippen molar-refractivity contribution in [3.63, 3.8) is 0 Å². The Kier molecular flexibility index (Phi) is 7.69. The van der Waals surface area contributed by atoms with Gasteiger partial charge < -0.3 is 15.4 Å². The number of rotatable bonds is 2. The fourth-order valence-electron chi connectivity index (χ4n) is 2.71. The van der Waals surface area contributed by atoms with E-state index >= 15 is 0 Å². The fraction of sp³-hybridized carbons (Fsp3) is 0.294. The summed E-state index contributed by atoms with van der Waals surface area (Å²) in [5.74, 6) is 0.898. The summed E-state index contributed by atoms with van der Waals surface area (Å²) in [5.41, 5.74) is 3.99. The van der Waals surface area contributed by atoms with Crippen LogP contribution < -0.4 is 15.4 Å². The van der Waals surface area contributed by atoms with Crippen LogP contribution in [-0.4, -0.2) is 20.2 Å². The van der Waals surface area contributed by atoms with Gasteiger partial charge in [-0.25, -0.2) is 0 Å². The van der Waals surface area contributed by atoms with Gasteiger partial charge in [-0.3, -0.25) is 0 Å². The summed E-state index contributed by atoms with van der Waals surface area (Å²) in [6.07, 6.45) is 0. The maximum atomic E-state index is 5.24. The number of fused-ring (bicyclic) bond motifs is 1. The molecule has 0 bridgehead atoms. The molecule has 2 aromatic carbocycles. The molecule has 1 aliphatic rings. The summed E-state index contributed by atoms with van der Waals surface area (Å²) in [7, 11) is 1.70. The lowest BCUT2D eigenvalue weighted by atomic mass is 9.93. The molecule has 3 nitrogen and oxygen atoms in total. The minimum absolute atomic E-state index is 0. The highest BCUT2D eigenvalue weighted by atomic mass is 35.5. The first-order chi connectivity index (χ1) is 9.88. The smallest absolute Gasteiger partial charge is 0.118 e. The van der Waals surface area contributed by atoms with E-state index in [0.717, 1.165) is 25.4 Å². The van der Waals surface area contributed by atoms with Gasteiger partial charge in [0.1, 0.15) is 5.75 Å². The Labute approximate surface area is 144 Å². The van der Waals surface area contributed by atoms with E-state index in [-0.39, 0.29) is 30.9 Å². The van der Waals surface area contributed by atoms with Gasteiger partial charge in [0.05, 0.1) is 13.2 Å². The van der Waals surface area contributed by atoms with E-state index in [2.05, 4.69) is 47.0 Å². The Morgan fingerprint density at radius 3 is 2.41 bits per heavy atom. The largest absolute Gasteiger partial charge is 0.497 e. The molecule has 22 heavy (non-hydrogen) atoms. The second-order valence-corrected chi connectivity index (χ2v) is 5.04. The molecule has 5 heteroatoms. The Hall–Kier alpha value is -1.26. The molecule has 1 atom stereocenters. The summed E-state index contributed by atoms with van der Waals surface area (Å²) in [5, 5.41) is 7.08. The summed E-state index contributed by atoms with van der Waals surface area (Å²) >= 11 is 0. The highest BCUT2D eigenvalue weighted by molar-refractivity contribution is 5.85. The van der Waals surface area contributed by atoms with Crippen LogP contribution in [-0.2, 0) is 6.54 Å². The summed E-state index contributed by atoms with van der Waals surface area (Å²) in [4.78, 5) is 0. The highest BCUT2D eigenvalue weighted by Gasteiger charge is 2.18. The molecule has 0 aliphatic carbocycles. The van der Waals surface area contributed by atoms with Crippen LogP contribution in [0.2, 0.25) is 0 Å². The third-order valence-electron chi connectivity index (χ3n) is 3.78. The maximum absolute atomic E-state index is 5.24. The standard InChI is InChI=1S/C17H20N2O.2ClH/c1-20-15-8-6-13(7-9-15)17-16-5-3-2-4-14(16)12-18-10-11-19-17;;/h2-9,17-19H,10-12H2,1H3;2*1H. The first kappa shape index (κ1) is 18.8. The van der Waals surface area contributed by atoms with Crippen molar-refractivity contribution in [2.45, 2.75) is 12.6 Å². The molecule has 2 aromatic rings. The number of ether oxygens (including phenoxy) is 1. The van der Waals surface area contributed by atoms with E-state index in [1.54, 1.807) is 7.11 Å². The molecule has 0 aromatic heterocycles. The van der Waals surface area contributed by atoms with Gasteiger partial charge in [-0.1, -0.05) is 36.4 Å². The van der Waals surface area contributed by atoms with Crippen LogP contribution in [0.25, 0.3) is 0 Å². The Morgan fingerprint density at radius 2 is 1.68 bits per heavy atom.